The van der Waals surface area contributed by atoms with Crippen LogP contribution in [0, 0.1) is 0 Å². The van der Waals surface area contributed by atoms with Gasteiger partial charge in [0.2, 0.25) is 0 Å². The summed E-state index contributed by atoms with van der Waals surface area (Å²) in [6.07, 6.45) is 2.03. The first-order valence-electron chi connectivity index (χ1n) is 7.88. The molecule has 1 aromatic rings. The zero-order chi connectivity index (χ0) is 15.5. The van der Waals surface area contributed by atoms with Crippen LogP contribution in [0.5, 0.6) is 0 Å². The fraction of sp³-hybridized carbons (Fsp3) is 0.750. The van der Waals surface area contributed by atoms with E-state index in [0.29, 0.717) is 10.7 Å². The van der Waals surface area contributed by atoms with Crippen molar-refractivity contribution < 1.29 is 0 Å². The van der Waals surface area contributed by atoms with E-state index in [1.54, 1.807) is 0 Å². The highest BCUT2D eigenvalue weighted by molar-refractivity contribution is 8.00. The normalized spacial score (nSPS) is 18.3. The maximum Gasteiger partial charge on any atom is 0.131 e. The summed E-state index contributed by atoms with van der Waals surface area (Å²) >= 11 is 2.05. The van der Waals surface area contributed by atoms with Crippen LogP contribution in [0.3, 0.4) is 0 Å². The van der Waals surface area contributed by atoms with Gasteiger partial charge in [0.05, 0.1) is 17.6 Å². The van der Waals surface area contributed by atoms with Gasteiger partial charge in [-0.2, -0.15) is 11.8 Å². The Bertz CT molecular complexity index is 473. The number of nitrogens with one attached hydrogen (secondary N) is 1. The Labute approximate surface area is 133 Å². The second-order valence-electron chi connectivity index (χ2n) is 6.52. The zero-order valence-corrected chi connectivity index (χ0v) is 14.8. The molecule has 0 saturated carbocycles. The van der Waals surface area contributed by atoms with Crippen molar-refractivity contribution >= 4 is 17.4 Å². The van der Waals surface area contributed by atoms with Crippen LogP contribution in [0.25, 0.3) is 0 Å². The molecule has 5 heteroatoms. The molecule has 2 rings (SSSR count). The molecule has 0 atom stereocenters. The van der Waals surface area contributed by atoms with Crippen molar-refractivity contribution in [1.82, 2.24) is 15.3 Å². The third-order valence-electron chi connectivity index (χ3n) is 3.69. The molecular weight excluding hydrogens is 280 g/mol. The van der Waals surface area contributed by atoms with E-state index in [9.17, 15) is 0 Å². The van der Waals surface area contributed by atoms with Crippen LogP contribution in [-0.4, -0.2) is 40.1 Å². The van der Waals surface area contributed by atoms with E-state index >= 15 is 0 Å². The minimum Gasteiger partial charge on any atom is -0.367 e. The quantitative estimate of drug-likeness (QED) is 0.905. The van der Waals surface area contributed by atoms with Crippen molar-refractivity contribution in [2.45, 2.75) is 51.8 Å². The first kappa shape index (κ1) is 16.6. The Morgan fingerprint density at radius 3 is 2.81 bits per heavy atom. The summed E-state index contributed by atoms with van der Waals surface area (Å²) in [5, 5.41) is 3.41. The van der Waals surface area contributed by atoms with Crippen molar-refractivity contribution in [3.05, 3.63) is 17.7 Å². The molecule has 0 radical (unpaired) electrons. The Balaban J connectivity index is 2.28. The summed E-state index contributed by atoms with van der Waals surface area (Å²) < 4.78 is 0.296. The molecule has 1 fully saturated rings. The van der Waals surface area contributed by atoms with E-state index in [1.165, 1.54) is 11.4 Å². The molecule has 1 aromatic heterocycles. The van der Waals surface area contributed by atoms with Gasteiger partial charge >= 0.3 is 0 Å². The van der Waals surface area contributed by atoms with E-state index in [-0.39, 0.29) is 0 Å². The van der Waals surface area contributed by atoms with Gasteiger partial charge in [0.25, 0.3) is 0 Å². The molecule has 2 heterocycles. The number of nitrogens with zero attached hydrogens (tertiary/aromatic N) is 3. The van der Waals surface area contributed by atoms with Crippen LogP contribution < -0.4 is 10.2 Å². The summed E-state index contributed by atoms with van der Waals surface area (Å²) in [4.78, 5) is 11.8. The number of aromatic nitrogens is 2. The van der Waals surface area contributed by atoms with Crippen molar-refractivity contribution in [2.24, 2.45) is 0 Å². The molecule has 0 aliphatic carbocycles. The summed E-state index contributed by atoms with van der Waals surface area (Å²) in [5.74, 6) is 2.48. The molecule has 4 nitrogen and oxygen atoms in total. The summed E-state index contributed by atoms with van der Waals surface area (Å²) in [5.41, 5.74) is 2.34. The molecule has 1 aliphatic heterocycles. The van der Waals surface area contributed by atoms with E-state index < -0.39 is 0 Å². The topological polar surface area (TPSA) is 41.1 Å². The first-order valence-corrected chi connectivity index (χ1v) is 8.87. The monoisotopic (exact) mass is 308 g/mol. The van der Waals surface area contributed by atoms with Crippen LogP contribution in [-0.2, 0) is 6.54 Å². The smallest absolute Gasteiger partial charge is 0.131 e. The lowest BCUT2D eigenvalue weighted by Gasteiger charge is -2.39. The van der Waals surface area contributed by atoms with E-state index in [2.05, 4.69) is 61.6 Å². The molecule has 118 valence electrons. The molecule has 0 amide bonds. The van der Waals surface area contributed by atoms with Gasteiger partial charge in [-0.3, -0.25) is 0 Å². The average Bonchev–Trinajstić information content (AvgIpc) is 2.43. The minimum absolute atomic E-state index is 0.296. The number of hydrogen-bond donors (Lipinski definition) is 1. The molecule has 1 N–H and O–H groups in total. The summed E-state index contributed by atoms with van der Waals surface area (Å²) in [6.45, 7) is 15.0. The minimum atomic E-state index is 0.296. The van der Waals surface area contributed by atoms with E-state index in [4.69, 9.17) is 4.98 Å². The van der Waals surface area contributed by atoms with Gasteiger partial charge in [-0.15, -0.1) is 0 Å². The van der Waals surface area contributed by atoms with Crippen molar-refractivity contribution in [1.29, 1.82) is 0 Å². The Morgan fingerprint density at radius 2 is 2.19 bits per heavy atom. The fourth-order valence-corrected chi connectivity index (χ4v) is 3.68. The van der Waals surface area contributed by atoms with Crippen molar-refractivity contribution in [2.75, 3.05) is 30.3 Å². The number of hydrogen-bond acceptors (Lipinski definition) is 5. The lowest BCUT2D eigenvalue weighted by Crippen LogP contribution is -2.44. The third-order valence-corrected chi connectivity index (χ3v) is 4.99. The van der Waals surface area contributed by atoms with Crippen LogP contribution in [0.2, 0.25) is 0 Å². The standard InChI is InChI=1S/C16H28N4S/c1-6-17-9-13-14(10-18-15(19-13)12(2)3)20-7-8-21-16(4,5)11-20/h10,12,17H,6-9,11H2,1-5H3. The van der Waals surface area contributed by atoms with Gasteiger partial charge in [0.1, 0.15) is 5.82 Å². The van der Waals surface area contributed by atoms with E-state index in [1.807, 2.05) is 6.20 Å². The second kappa shape index (κ2) is 6.97. The average molecular weight is 308 g/mol. The largest absolute Gasteiger partial charge is 0.367 e. The lowest BCUT2D eigenvalue weighted by molar-refractivity contribution is 0.631. The third kappa shape index (κ3) is 4.33. The van der Waals surface area contributed by atoms with Crippen LogP contribution >= 0.6 is 11.8 Å². The van der Waals surface area contributed by atoms with Crippen molar-refractivity contribution in [3.8, 4) is 0 Å². The fourth-order valence-electron chi connectivity index (χ4n) is 2.56. The number of anilines is 1. The summed E-state index contributed by atoms with van der Waals surface area (Å²) in [7, 11) is 0. The number of thioether (sulfide) groups is 1. The Hall–Kier alpha value is -0.810. The highest BCUT2D eigenvalue weighted by atomic mass is 32.2. The molecule has 21 heavy (non-hydrogen) atoms. The molecule has 1 saturated heterocycles. The van der Waals surface area contributed by atoms with Gasteiger partial charge in [0.15, 0.2) is 0 Å². The maximum absolute atomic E-state index is 4.81. The first-order chi connectivity index (χ1) is 9.93. The molecule has 1 aliphatic rings. The summed E-state index contributed by atoms with van der Waals surface area (Å²) in [6, 6.07) is 0. The molecule has 0 bridgehead atoms. The highest BCUT2D eigenvalue weighted by Crippen LogP contribution is 2.33. The van der Waals surface area contributed by atoms with Gasteiger partial charge in [0, 0.05) is 36.1 Å². The van der Waals surface area contributed by atoms with Gasteiger partial charge in [-0.1, -0.05) is 20.8 Å². The molecule has 0 spiro atoms. The van der Waals surface area contributed by atoms with E-state index in [0.717, 1.165) is 37.7 Å². The molecule has 0 unspecified atom stereocenters. The number of rotatable bonds is 5. The van der Waals surface area contributed by atoms with Crippen LogP contribution in [0.15, 0.2) is 6.20 Å². The van der Waals surface area contributed by atoms with Gasteiger partial charge < -0.3 is 10.2 Å². The molecular formula is C16H28N4S. The Morgan fingerprint density at radius 1 is 1.43 bits per heavy atom. The van der Waals surface area contributed by atoms with Crippen molar-refractivity contribution in [3.63, 3.8) is 0 Å². The lowest BCUT2D eigenvalue weighted by atomic mass is 10.1. The van der Waals surface area contributed by atoms with Crippen LogP contribution in [0.4, 0.5) is 5.69 Å². The second-order valence-corrected chi connectivity index (χ2v) is 8.33. The highest BCUT2D eigenvalue weighted by Gasteiger charge is 2.28. The maximum atomic E-state index is 4.81. The van der Waals surface area contributed by atoms with Crippen LogP contribution in [0.1, 0.15) is 52.1 Å². The molecule has 0 aromatic carbocycles. The Kier molecular flexibility index (Phi) is 5.49. The predicted octanol–water partition coefficient (Wildman–Crippen LogP) is 3.04. The van der Waals surface area contributed by atoms with Gasteiger partial charge in [-0.25, -0.2) is 9.97 Å². The predicted molar refractivity (Wildman–Crippen MR) is 92.3 cm³/mol. The van der Waals surface area contributed by atoms with Gasteiger partial charge in [-0.05, 0) is 20.4 Å². The SMILES string of the molecule is CCNCc1nc(C(C)C)ncc1N1CCSC(C)(C)C1. The zero-order valence-electron chi connectivity index (χ0n) is 13.9.